The highest BCUT2D eigenvalue weighted by atomic mass is 35.5. The number of amides is 1. The first kappa shape index (κ1) is 19.0. The molecule has 0 saturated carbocycles. The highest BCUT2D eigenvalue weighted by molar-refractivity contribution is 6.31. The summed E-state index contributed by atoms with van der Waals surface area (Å²) in [7, 11) is 0. The van der Waals surface area contributed by atoms with Crippen LogP contribution in [0.1, 0.15) is 22.3 Å². The minimum atomic E-state index is -0.483. The van der Waals surface area contributed by atoms with Crippen molar-refractivity contribution in [2.45, 2.75) is 26.8 Å². The van der Waals surface area contributed by atoms with E-state index in [1.807, 2.05) is 44.2 Å². The van der Waals surface area contributed by atoms with Crippen molar-refractivity contribution in [1.82, 2.24) is 5.32 Å². The summed E-state index contributed by atoms with van der Waals surface area (Å²) >= 11 is 6.04. The van der Waals surface area contributed by atoms with Gasteiger partial charge in [0.25, 0.3) is 5.91 Å². The number of hydrogen-bond acceptors (Lipinski definition) is 4. The van der Waals surface area contributed by atoms with E-state index in [0.29, 0.717) is 5.02 Å². The number of hydrogen-bond donors (Lipinski definition) is 1. The van der Waals surface area contributed by atoms with Crippen molar-refractivity contribution in [3.8, 4) is 0 Å². The number of esters is 1. The molecule has 0 aliphatic rings. The van der Waals surface area contributed by atoms with E-state index in [2.05, 4.69) is 5.32 Å². The van der Waals surface area contributed by atoms with Gasteiger partial charge in [0.1, 0.15) is 5.58 Å². The Morgan fingerprint density at radius 1 is 1.11 bits per heavy atom. The quantitative estimate of drug-likeness (QED) is 0.648. The lowest BCUT2D eigenvalue weighted by Crippen LogP contribution is -2.28. The van der Waals surface area contributed by atoms with Gasteiger partial charge in [0.15, 0.2) is 6.61 Å². The van der Waals surface area contributed by atoms with Gasteiger partial charge >= 0.3 is 5.97 Å². The fourth-order valence-electron chi connectivity index (χ4n) is 2.71. The Morgan fingerprint density at radius 3 is 2.63 bits per heavy atom. The predicted molar refractivity (Wildman–Crippen MR) is 104 cm³/mol. The molecule has 0 fully saturated rings. The third-order valence-corrected chi connectivity index (χ3v) is 4.77. The van der Waals surface area contributed by atoms with Gasteiger partial charge in [-0.05, 0) is 48.7 Å². The van der Waals surface area contributed by atoms with Crippen LogP contribution >= 0.6 is 11.6 Å². The molecule has 0 bridgehead atoms. The van der Waals surface area contributed by atoms with Crippen molar-refractivity contribution in [1.29, 1.82) is 0 Å². The summed E-state index contributed by atoms with van der Waals surface area (Å²) in [6.45, 7) is 3.96. The molecule has 6 heteroatoms. The number of rotatable bonds is 6. The maximum Gasteiger partial charge on any atom is 0.310 e. The number of fused-ring (bicyclic) bond motifs is 1. The highest BCUT2D eigenvalue weighted by Gasteiger charge is 2.14. The van der Waals surface area contributed by atoms with Gasteiger partial charge in [0.05, 0.1) is 12.7 Å². The molecule has 0 saturated heterocycles. The van der Waals surface area contributed by atoms with Crippen LogP contribution in [0.2, 0.25) is 5.02 Å². The minimum Gasteiger partial charge on any atom is -0.464 e. The number of benzene rings is 2. The van der Waals surface area contributed by atoms with Crippen molar-refractivity contribution in [2.75, 3.05) is 6.61 Å². The maximum absolute atomic E-state index is 12.1. The summed E-state index contributed by atoms with van der Waals surface area (Å²) < 4.78 is 10.6. The Hall–Kier alpha value is -2.79. The lowest BCUT2D eigenvalue weighted by molar-refractivity contribution is -0.147. The number of carbonyl (C=O) groups is 2. The molecule has 0 unspecified atom stereocenters. The molecule has 3 aromatic rings. The predicted octanol–water partition coefficient (Wildman–Crippen LogP) is 4.11. The smallest absolute Gasteiger partial charge is 0.310 e. The molecule has 27 heavy (non-hydrogen) atoms. The zero-order valence-electron chi connectivity index (χ0n) is 15.2. The van der Waals surface area contributed by atoms with Crippen molar-refractivity contribution >= 4 is 34.4 Å². The summed E-state index contributed by atoms with van der Waals surface area (Å²) in [5.74, 6) is -0.865. The van der Waals surface area contributed by atoms with E-state index in [1.54, 1.807) is 12.3 Å². The Kier molecular flexibility index (Phi) is 5.81. The van der Waals surface area contributed by atoms with Crippen molar-refractivity contribution < 1.29 is 18.7 Å². The SMILES string of the molecule is Cc1cc2occ(CC(=O)OCC(=O)NCc3ccccc3Cl)c2cc1C. The molecule has 0 spiro atoms. The molecule has 0 atom stereocenters. The number of aryl methyl sites for hydroxylation is 2. The van der Waals surface area contributed by atoms with E-state index < -0.39 is 5.97 Å². The van der Waals surface area contributed by atoms with Gasteiger partial charge in [-0.15, -0.1) is 0 Å². The van der Waals surface area contributed by atoms with Crippen molar-refractivity contribution in [3.63, 3.8) is 0 Å². The molecule has 1 aromatic heterocycles. The number of ether oxygens (including phenoxy) is 1. The summed E-state index contributed by atoms with van der Waals surface area (Å²) in [6, 6.07) is 11.2. The molecule has 0 aliphatic carbocycles. The van der Waals surface area contributed by atoms with E-state index in [0.717, 1.165) is 33.2 Å². The maximum atomic E-state index is 12.1. The topological polar surface area (TPSA) is 68.5 Å². The molecular weight excluding hydrogens is 366 g/mol. The molecule has 0 radical (unpaired) electrons. The number of furan rings is 1. The average molecular weight is 386 g/mol. The van der Waals surface area contributed by atoms with Crippen LogP contribution in [0.3, 0.4) is 0 Å². The Labute approximate surface area is 162 Å². The summed E-state index contributed by atoms with van der Waals surface area (Å²) in [6.07, 6.45) is 1.61. The Bertz CT molecular complexity index is 993. The average Bonchev–Trinajstić information content (AvgIpc) is 3.01. The zero-order valence-corrected chi connectivity index (χ0v) is 15.9. The first-order valence-electron chi connectivity index (χ1n) is 8.57. The van der Waals surface area contributed by atoms with E-state index in [9.17, 15) is 9.59 Å². The van der Waals surface area contributed by atoms with Crippen LogP contribution in [-0.4, -0.2) is 18.5 Å². The fraction of sp³-hybridized carbons (Fsp3) is 0.238. The van der Waals surface area contributed by atoms with Crippen LogP contribution in [0.15, 0.2) is 47.1 Å². The van der Waals surface area contributed by atoms with E-state index in [-0.39, 0.29) is 25.5 Å². The molecule has 1 amide bonds. The first-order chi connectivity index (χ1) is 12.9. The summed E-state index contributed by atoms with van der Waals surface area (Å²) in [4.78, 5) is 24.0. The molecular formula is C21H20ClNO4. The second-order valence-electron chi connectivity index (χ2n) is 6.40. The van der Waals surface area contributed by atoms with Crippen LogP contribution < -0.4 is 5.32 Å². The van der Waals surface area contributed by atoms with E-state index in [4.69, 9.17) is 20.8 Å². The van der Waals surface area contributed by atoms with Gasteiger partial charge < -0.3 is 14.5 Å². The summed E-state index contributed by atoms with van der Waals surface area (Å²) in [5.41, 5.74) is 4.53. The second kappa shape index (κ2) is 8.27. The van der Waals surface area contributed by atoms with Crippen LogP contribution in [0.25, 0.3) is 11.0 Å². The second-order valence-corrected chi connectivity index (χ2v) is 6.81. The largest absolute Gasteiger partial charge is 0.464 e. The highest BCUT2D eigenvalue weighted by Crippen LogP contribution is 2.25. The van der Waals surface area contributed by atoms with Gasteiger partial charge in [-0.3, -0.25) is 9.59 Å². The molecule has 140 valence electrons. The van der Waals surface area contributed by atoms with Crippen molar-refractivity contribution in [3.05, 3.63) is 69.9 Å². The zero-order chi connectivity index (χ0) is 19.4. The lowest BCUT2D eigenvalue weighted by atomic mass is 10.0. The van der Waals surface area contributed by atoms with Crippen LogP contribution in [0, 0.1) is 13.8 Å². The fourth-order valence-corrected chi connectivity index (χ4v) is 2.91. The molecule has 0 aliphatic heterocycles. The van der Waals surface area contributed by atoms with Gasteiger partial charge in [0.2, 0.25) is 0 Å². The van der Waals surface area contributed by atoms with Crippen LogP contribution in [0.5, 0.6) is 0 Å². The number of carbonyl (C=O) groups excluding carboxylic acids is 2. The van der Waals surface area contributed by atoms with Gasteiger partial charge in [-0.2, -0.15) is 0 Å². The lowest BCUT2D eigenvalue weighted by Gasteiger charge is -2.08. The molecule has 5 nitrogen and oxygen atoms in total. The first-order valence-corrected chi connectivity index (χ1v) is 8.95. The Morgan fingerprint density at radius 2 is 1.85 bits per heavy atom. The van der Waals surface area contributed by atoms with E-state index in [1.165, 1.54) is 0 Å². The molecule has 2 aromatic carbocycles. The number of nitrogens with one attached hydrogen (secondary N) is 1. The minimum absolute atomic E-state index is 0.0489. The summed E-state index contributed by atoms with van der Waals surface area (Å²) in [5, 5.41) is 4.14. The molecule has 1 N–H and O–H groups in total. The van der Waals surface area contributed by atoms with Gasteiger partial charge in [0, 0.05) is 22.5 Å². The van der Waals surface area contributed by atoms with Crippen molar-refractivity contribution in [2.24, 2.45) is 0 Å². The van der Waals surface area contributed by atoms with Crippen LogP contribution in [-0.2, 0) is 27.3 Å². The van der Waals surface area contributed by atoms with Gasteiger partial charge in [-0.1, -0.05) is 29.8 Å². The number of halogens is 1. The monoisotopic (exact) mass is 385 g/mol. The van der Waals surface area contributed by atoms with Crippen LogP contribution in [0.4, 0.5) is 0 Å². The molecule has 1 heterocycles. The standard InChI is InChI=1S/C21H20ClNO4/c1-13-7-17-16(11-26-19(17)8-14(13)2)9-21(25)27-12-20(24)23-10-15-5-3-4-6-18(15)22/h3-8,11H,9-10,12H2,1-2H3,(H,23,24). The third-order valence-electron chi connectivity index (χ3n) is 4.40. The normalized spacial score (nSPS) is 10.8. The van der Waals surface area contributed by atoms with Gasteiger partial charge in [-0.25, -0.2) is 0 Å². The molecule has 3 rings (SSSR count). The Balaban J connectivity index is 1.52. The van der Waals surface area contributed by atoms with E-state index >= 15 is 0 Å². The third kappa shape index (κ3) is 4.68.